The Morgan fingerprint density at radius 1 is 1.23 bits per heavy atom. The molecule has 154 valence electrons. The van der Waals surface area contributed by atoms with Crippen LogP contribution in [-0.4, -0.2) is 37.4 Å². The first-order valence-electron chi connectivity index (χ1n) is 9.36. The number of aromatic nitrogens is 4. The molecule has 0 fully saturated rings. The van der Waals surface area contributed by atoms with E-state index in [1.807, 2.05) is 12.1 Å². The second-order valence-corrected chi connectivity index (χ2v) is 7.30. The molecule has 4 rings (SSSR count). The number of aliphatic carboxylic acids is 1. The third-order valence-corrected chi connectivity index (χ3v) is 5.11. The second-order valence-electron chi connectivity index (χ2n) is 6.87. The largest absolute Gasteiger partial charge is 0.481 e. The molecular weight excluding hydrogens is 408 g/mol. The number of carboxylic acids is 1. The SMILES string of the molecule is COCc1nn2c(ncc3c(=O)n(CCCC(=O)O)ccc32)c1-c1ccc(Cl)cc1. The summed E-state index contributed by atoms with van der Waals surface area (Å²) in [5.41, 5.74) is 3.42. The van der Waals surface area contributed by atoms with E-state index in [1.54, 1.807) is 42.2 Å². The molecule has 1 aromatic carbocycles. The van der Waals surface area contributed by atoms with Crippen molar-refractivity contribution in [3.8, 4) is 11.1 Å². The first kappa shape index (κ1) is 20.1. The lowest BCUT2D eigenvalue weighted by atomic mass is 10.1. The molecular formula is C21H19ClN4O4. The maximum atomic E-state index is 12.9. The fraction of sp³-hybridized carbons (Fsp3) is 0.238. The van der Waals surface area contributed by atoms with Gasteiger partial charge in [0.2, 0.25) is 0 Å². The lowest BCUT2D eigenvalue weighted by molar-refractivity contribution is -0.137. The molecule has 0 bridgehead atoms. The predicted molar refractivity (Wildman–Crippen MR) is 113 cm³/mol. The topological polar surface area (TPSA) is 98.7 Å². The monoisotopic (exact) mass is 426 g/mol. The molecule has 4 aromatic rings. The van der Waals surface area contributed by atoms with Crippen LogP contribution >= 0.6 is 11.6 Å². The van der Waals surface area contributed by atoms with Crippen molar-refractivity contribution in [1.29, 1.82) is 0 Å². The van der Waals surface area contributed by atoms with Crippen LogP contribution in [-0.2, 0) is 22.7 Å². The maximum Gasteiger partial charge on any atom is 0.303 e. The van der Waals surface area contributed by atoms with Crippen molar-refractivity contribution in [2.45, 2.75) is 26.0 Å². The van der Waals surface area contributed by atoms with Gasteiger partial charge in [-0.05, 0) is 30.2 Å². The molecule has 0 radical (unpaired) electrons. The molecule has 0 unspecified atom stereocenters. The molecule has 0 aliphatic heterocycles. The number of rotatable bonds is 7. The lowest BCUT2D eigenvalue weighted by Crippen LogP contribution is -2.21. The number of fused-ring (bicyclic) bond motifs is 3. The van der Waals surface area contributed by atoms with Gasteiger partial charge in [-0.25, -0.2) is 9.50 Å². The molecule has 1 N–H and O–H groups in total. The van der Waals surface area contributed by atoms with E-state index in [0.717, 1.165) is 11.1 Å². The standard InChI is InChI=1S/C21H19ClN4O4/c1-30-12-16-19(13-4-6-14(22)7-5-13)20-23-11-15-17(26(20)24-16)8-10-25(21(15)29)9-2-3-18(27)28/h4-8,10-11H,2-3,9,12H2,1H3,(H,27,28). The fourth-order valence-corrected chi connectivity index (χ4v) is 3.61. The van der Waals surface area contributed by atoms with E-state index in [1.165, 1.54) is 4.57 Å². The van der Waals surface area contributed by atoms with Crippen LogP contribution in [0.4, 0.5) is 0 Å². The number of pyridine rings is 1. The minimum atomic E-state index is -0.885. The Morgan fingerprint density at radius 3 is 2.70 bits per heavy atom. The van der Waals surface area contributed by atoms with Crippen molar-refractivity contribution in [3.05, 3.63) is 63.8 Å². The molecule has 0 atom stereocenters. The summed E-state index contributed by atoms with van der Waals surface area (Å²) in [5, 5.41) is 14.5. The van der Waals surface area contributed by atoms with Gasteiger partial charge in [0.05, 0.1) is 28.8 Å². The highest BCUT2D eigenvalue weighted by Crippen LogP contribution is 2.30. The summed E-state index contributed by atoms with van der Waals surface area (Å²) in [6, 6.07) is 9.18. The zero-order chi connectivity index (χ0) is 21.3. The number of hydrogen-bond acceptors (Lipinski definition) is 5. The molecule has 3 aromatic heterocycles. The Hall–Kier alpha value is -3.23. The van der Waals surface area contributed by atoms with Gasteiger partial charge < -0.3 is 14.4 Å². The van der Waals surface area contributed by atoms with Gasteiger partial charge in [0.1, 0.15) is 0 Å². The Morgan fingerprint density at radius 2 is 2.00 bits per heavy atom. The van der Waals surface area contributed by atoms with E-state index in [0.29, 0.717) is 40.2 Å². The predicted octanol–water partition coefficient (Wildman–Crippen LogP) is 3.38. The van der Waals surface area contributed by atoms with Crippen LogP contribution < -0.4 is 5.56 Å². The van der Waals surface area contributed by atoms with Crippen molar-refractivity contribution in [1.82, 2.24) is 19.2 Å². The Labute approximate surface area is 176 Å². The summed E-state index contributed by atoms with van der Waals surface area (Å²) in [6.07, 6.45) is 3.58. The average Bonchev–Trinajstić information content (AvgIpc) is 3.09. The molecule has 9 heteroatoms. The number of nitrogens with zero attached hydrogens (tertiary/aromatic N) is 4. The summed E-state index contributed by atoms with van der Waals surface area (Å²) in [5.74, 6) is -0.885. The minimum Gasteiger partial charge on any atom is -0.481 e. The molecule has 0 amide bonds. The fourth-order valence-electron chi connectivity index (χ4n) is 3.48. The molecule has 0 saturated carbocycles. The van der Waals surface area contributed by atoms with Gasteiger partial charge in [-0.3, -0.25) is 9.59 Å². The van der Waals surface area contributed by atoms with Gasteiger partial charge >= 0.3 is 5.97 Å². The molecule has 3 heterocycles. The lowest BCUT2D eigenvalue weighted by Gasteiger charge is -2.07. The van der Waals surface area contributed by atoms with Crippen LogP contribution in [0.2, 0.25) is 5.02 Å². The zero-order valence-electron chi connectivity index (χ0n) is 16.2. The van der Waals surface area contributed by atoms with Crippen molar-refractivity contribution in [2.24, 2.45) is 0 Å². The summed E-state index contributed by atoms with van der Waals surface area (Å²) < 4.78 is 8.47. The minimum absolute atomic E-state index is 0.00570. The first-order chi connectivity index (χ1) is 14.5. The normalized spacial score (nSPS) is 11.4. The van der Waals surface area contributed by atoms with Crippen LogP contribution in [0.1, 0.15) is 18.5 Å². The van der Waals surface area contributed by atoms with Crippen LogP contribution in [0.15, 0.2) is 47.5 Å². The van der Waals surface area contributed by atoms with E-state index in [-0.39, 0.29) is 18.6 Å². The Kier molecular flexibility index (Phi) is 5.52. The van der Waals surface area contributed by atoms with Crippen LogP contribution in [0.25, 0.3) is 27.7 Å². The summed E-state index contributed by atoms with van der Waals surface area (Å²) in [6.45, 7) is 0.609. The Balaban J connectivity index is 1.86. The molecule has 0 aliphatic carbocycles. The molecule has 8 nitrogen and oxygen atoms in total. The molecule has 30 heavy (non-hydrogen) atoms. The van der Waals surface area contributed by atoms with Crippen molar-refractivity contribution >= 4 is 34.1 Å². The van der Waals surface area contributed by atoms with E-state index in [4.69, 9.17) is 21.4 Å². The van der Waals surface area contributed by atoms with Gasteiger partial charge in [0, 0.05) is 37.5 Å². The maximum absolute atomic E-state index is 12.9. The highest BCUT2D eigenvalue weighted by atomic mass is 35.5. The number of hydrogen-bond donors (Lipinski definition) is 1. The Bertz CT molecular complexity index is 1290. The second kappa shape index (κ2) is 8.25. The molecule has 0 saturated heterocycles. The first-order valence-corrected chi connectivity index (χ1v) is 9.74. The highest BCUT2D eigenvalue weighted by Gasteiger charge is 2.18. The van der Waals surface area contributed by atoms with Gasteiger partial charge in [0.15, 0.2) is 5.65 Å². The zero-order valence-corrected chi connectivity index (χ0v) is 17.0. The average molecular weight is 427 g/mol. The van der Waals surface area contributed by atoms with E-state index in [9.17, 15) is 9.59 Å². The third-order valence-electron chi connectivity index (χ3n) is 4.86. The van der Waals surface area contributed by atoms with Gasteiger partial charge in [-0.1, -0.05) is 23.7 Å². The van der Waals surface area contributed by atoms with E-state index >= 15 is 0 Å². The number of ether oxygens (including phenoxy) is 1. The summed E-state index contributed by atoms with van der Waals surface area (Å²) >= 11 is 6.03. The quantitative estimate of drug-likeness (QED) is 0.486. The number of carboxylic acid groups (broad SMARTS) is 1. The van der Waals surface area contributed by atoms with Crippen LogP contribution in [0.5, 0.6) is 0 Å². The van der Waals surface area contributed by atoms with E-state index < -0.39 is 5.97 Å². The molecule has 0 aliphatic rings. The van der Waals surface area contributed by atoms with Crippen LogP contribution in [0, 0.1) is 0 Å². The van der Waals surface area contributed by atoms with E-state index in [2.05, 4.69) is 10.1 Å². The smallest absolute Gasteiger partial charge is 0.303 e. The van der Waals surface area contributed by atoms with Gasteiger partial charge in [0.25, 0.3) is 5.56 Å². The van der Waals surface area contributed by atoms with Crippen LogP contribution in [0.3, 0.4) is 0 Å². The number of benzene rings is 1. The highest BCUT2D eigenvalue weighted by molar-refractivity contribution is 6.30. The van der Waals surface area contributed by atoms with Gasteiger partial charge in [-0.2, -0.15) is 5.10 Å². The summed E-state index contributed by atoms with van der Waals surface area (Å²) in [4.78, 5) is 28.1. The van der Waals surface area contributed by atoms with Crippen molar-refractivity contribution in [2.75, 3.05) is 7.11 Å². The van der Waals surface area contributed by atoms with Crippen molar-refractivity contribution in [3.63, 3.8) is 0 Å². The number of aryl methyl sites for hydroxylation is 1. The third kappa shape index (κ3) is 3.67. The van der Waals surface area contributed by atoms with Crippen molar-refractivity contribution < 1.29 is 14.6 Å². The van der Waals surface area contributed by atoms with Gasteiger partial charge in [-0.15, -0.1) is 0 Å². The number of methoxy groups -OCH3 is 1. The number of halogens is 1. The summed E-state index contributed by atoms with van der Waals surface area (Å²) in [7, 11) is 1.59. The molecule has 0 spiro atoms. The number of carbonyl (C=O) groups is 1.